The Kier molecular flexibility index (Phi) is 8.09. The number of nitrogens with one attached hydrogen (secondary N) is 1. The van der Waals surface area contributed by atoms with E-state index in [9.17, 15) is 4.79 Å². The van der Waals surface area contributed by atoms with Crippen molar-refractivity contribution < 1.29 is 4.79 Å². The summed E-state index contributed by atoms with van der Waals surface area (Å²) in [6.45, 7) is 8.06. The summed E-state index contributed by atoms with van der Waals surface area (Å²) < 4.78 is 0. The van der Waals surface area contributed by atoms with Crippen molar-refractivity contribution in [2.24, 2.45) is 0 Å². The molecule has 1 aliphatic rings. The minimum absolute atomic E-state index is 0.309. The SMILES string of the molecule is CC(C)NC(CCC(=O)N1CCN(C)CC1)CSc1ccccc1. The van der Waals surface area contributed by atoms with Gasteiger partial charge in [0.2, 0.25) is 5.91 Å². The average Bonchev–Trinajstić information content (AvgIpc) is 2.58. The molecule has 1 fully saturated rings. The zero-order chi connectivity index (χ0) is 17.4. The van der Waals surface area contributed by atoms with Gasteiger partial charge in [0.05, 0.1) is 0 Å². The second kappa shape index (κ2) is 10.1. The van der Waals surface area contributed by atoms with Gasteiger partial charge in [-0.25, -0.2) is 0 Å². The number of hydrogen-bond donors (Lipinski definition) is 1. The van der Waals surface area contributed by atoms with Gasteiger partial charge < -0.3 is 15.1 Å². The number of hydrogen-bond acceptors (Lipinski definition) is 4. The third-order valence-electron chi connectivity index (χ3n) is 4.33. The van der Waals surface area contributed by atoms with Gasteiger partial charge in [-0.05, 0) is 25.6 Å². The Hall–Kier alpha value is -1.04. The second-order valence-electron chi connectivity index (χ2n) is 6.87. The topological polar surface area (TPSA) is 35.6 Å². The van der Waals surface area contributed by atoms with E-state index >= 15 is 0 Å². The van der Waals surface area contributed by atoms with E-state index in [1.165, 1.54) is 4.90 Å². The summed E-state index contributed by atoms with van der Waals surface area (Å²) in [5.41, 5.74) is 0. The van der Waals surface area contributed by atoms with Crippen LogP contribution in [0.4, 0.5) is 0 Å². The number of likely N-dealkylation sites (N-methyl/N-ethyl adjacent to an activating group) is 1. The minimum atomic E-state index is 0.309. The van der Waals surface area contributed by atoms with Crippen molar-refractivity contribution in [2.45, 2.75) is 43.7 Å². The summed E-state index contributed by atoms with van der Waals surface area (Å²) in [5, 5.41) is 3.62. The predicted octanol–water partition coefficient (Wildman–Crippen LogP) is 2.70. The van der Waals surface area contributed by atoms with Crippen LogP contribution < -0.4 is 5.32 Å². The third-order valence-corrected chi connectivity index (χ3v) is 5.50. The molecule has 1 aliphatic heterocycles. The molecule has 0 spiro atoms. The van der Waals surface area contributed by atoms with E-state index in [0.717, 1.165) is 38.4 Å². The minimum Gasteiger partial charge on any atom is -0.340 e. The van der Waals surface area contributed by atoms with Gasteiger partial charge in [0, 0.05) is 55.3 Å². The van der Waals surface area contributed by atoms with E-state index in [2.05, 4.69) is 55.4 Å². The van der Waals surface area contributed by atoms with Crippen molar-refractivity contribution in [3.63, 3.8) is 0 Å². The molecule has 0 aromatic heterocycles. The Labute approximate surface area is 151 Å². The highest BCUT2D eigenvalue weighted by molar-refractivity contribution is 7.99. The number of carbonyl (C=O) groups is 1. The Morgan fingerprint density at radius 3 is 2.46 bits per heavy atom. The first-order valence-electron chi connectivity index (χ1n) is 8.95. The molecule has 2 rings (SSSR count). The van der Waals surface area contributed by atoms with Gasteiger partial charge in [-0.3, -0.25) is 4.79 Å². The molecule has 1 saturated heterocycles. The van der Waals surface area contributed by atoms with Crippen molar-refractivity contribution >= 4 is 17.7 Å². The summed E-state index contributed by atoms with van der Waals surface area (Å²) in [4.78, 5) is 18.0. The zero-order valence-electron chi connectivity index (χ0n) is 15.2. The van der Waals surface area contributed by atoms with Crippen LogP contribution in [0.5, 0.6) is 0 Å². The molecule has 0 bridgehead atoms. The summed E-state index contributed by atoms with van der Waals surface area (Å²) in [7, 11) is 2.12. The van der Waals surface area contributed by atoms with Crippen LogP contribution in [0.25, 0.3) is 0 Å². The van der Waals surface area contributed by atoms with Gasteiger partial charge in [0.15, 0.2) is 0 Å². The third kappa shape index (κ3) is 6.83. The van der Waals surface area contributed by atoms with Crippen molar-refractivity contribution in [3.8, 4) is 0 Å². The fourth-order valence-corrected chi connectivity index (χ4v) is 3.92. The number of rotatable bonds is 8. The van der Waals surface area contributed by atoms with Crippen molar-refractivity contribution in [3.05, 3.63) is 30.3 Å². The molecule has 1 aromatic rings. The summed E-state index contributed by atoms with van der Waals surface area (Å²) in [5.74, 6) is 1.31. The fraction of sp³-hybridized carbons (Fsp3) is 0.632. The quantitative estimate of drug-likeness (QED) is 0.732. The van der Waals surface area contributed by atoms with E-state index in [0.29, 0.717) is 24.4 Å². The smallest absolute Gasteiger partial charge is 0.222 e. The number of nitrogens with zero attached hydrogens (tertiary/aromatic N) is 2. The molecule has 0 saturated carbocycles. The van der Waals surface area contributed by atoms with Crippen LogP contribution >= 0.6 is 11.8 Å². The maximum Gasteiger partial charge on any atom is 0.222 e. The highest BCUT2D eigenvalue weighted by Gasteiger charge is 2.20. The molecule has 0 radical (unpaired) electrons. The van der Waals surface area contributed by atoms with E-state index in [1.54, 1.807) is 0 Å². The summed E-state index contributed by atoms with van der Waals surface area (Å²) in [6.07, 6.45) is 1.55. The van der Waals surface area contributed by atoms with Crippen LogP contribution in [0.3, 0.4) is 0 Å². The van der Waals surface area contributed by atoms with Gasteiger partial charge >= 0.3 is 0 Å². The molecule has 134 valence electrons. The molecule has 1 atom stereocenters. The molecule has 1 heterocycles. The van der Waals surface area contributed by atoms with E-state index in [-0.39, 0.29) is 0 Å². The van der Waals surface area contributed by atoms with Crippen molar-refractivity contribution in [1.82, 2.24) is 15.1 Å². The Morgan fingerprint density at radius 2 is 1.83 bits per heavy atom. The molecule has 1 unspecified atom stereocenters. The maximum atomic E-state index is 12.4. The first kappa shape index (κ1) is 19.3. The number of thioether (sulfide) groups is 1. The molecule has 5 heteroatoms. The van der Waals surface area contributed by atoms with E-state index in [4.69, 9.17) is 0 Å². The van der Waals surface area contributed by atoms with Gasteiger partial charge in [-0.15, -0.1) is 11.8 Å². The van der Waals surface area contributed by atoms with E-state index in [1.807, 2.05) is 22.7 Å². The fourth-order valence-electron chi connectivity index (χ4n) is 2.91. The summed E-state index contributed by atoms with van der Waals surface area (Å²) >= 11 is 1.86. The number of carbonyl (C=O) groups excluding carboxylic acids is 1. The van der Waals surface area contributed by atoms with Gasteiger partial charge in [-0.2, -0.15) is 0 Å². The Bertz CT molecular complexity index is 487. The van der Waals surface area contributed by atoms with Gasteiger partial charge in [0.1, 0.15) is 0 Å². The number of benzene rings is 1. The normalized spacial score (nSPS) is 17.2. The van der Waals surface area contributed by atoms with Crippen LogP contribution in [-0.2, 0) is 4.79 Å². The van der Waals surface area contributed by atoms with Crippen LogP contribution in [-0.4, -0.2) is 66.8 Å². The van der Waals surface area contributed by atoms with Gasteiger partial charge in [-0.1, -0.05) is 32.0 Å². The lowest BCUT2D eigenvalue weighted by Crippen LogP contribution is -2.47. The van der Waals surface area contributed by atoms with Crippen molar-refractivity contribution in [2.75, 3.05) is 39.0 Å². The van der Waals surface area contributed by atoms with Gasteiger partial charge in [0.25, 0.3) is 0 Å². The largest absolute Gasteiger partial charge is 0.340 e. The molecule has 1 amide bonds. The number of amides is 1. The lowest BCUT2D eigenvalue weighted by Gasteiger charge is -2.33. The van der Waals surface area contributed by atoms with Crippen LogP contribution in [0.1, 0.15) is 26.7 Å². The van der Waals surface area contributed by atoms with Crippen molar-refractivity contribution in [1.29, 1.82) is 0 Å². The van der Waals surface area contributed by atoms with Crippen LogP contribution in [0.15, 0.2) is 35.2 Å². The standard InChI is InChI=1S/C19H31N3OS/c1-16(2)20-17(15-24-18-7-5-4-6-8-18)9-10-19(23)22-13-11-21(3)12-14-22/h4-8,16-17,20H,9-15H2,1-3H3. The molecule has 0 aliphatic carbocycles. The van der Waals surface area contributed by atoms with E-state index < -0.39 is 0 Å². The number of piperazine rings is 1. The zero-order valence-corrected chi connectivity index (χ0v) is 16.0. The monoisotopic (exact) mass is 349 g/mol. The first-order chi connectivity index (χ1) is 11.5. The lowest BCUT2D eigenvalue weighted by molar-refractivity contribution is -0.132. The lowest BCUT2D eigenvalue weighted by atomic mass is 10.1. The second-order valence-corrected chi connectivity index (χ2v) is 7.96. The molecule has 4 nitrogen and oxygen atoms in total. The first-order valence-corrected chi connectivity index (χ1v) is 9.93. The highest BCUT2D eigenvalue weighted by Crippen LogP contribution is 2.20. The Morgan fingerprint density at radius 1 is 1.17 bits per heavy atom. The molecular weight excluding hydrogens is 318 g/mol. The summed E-state index contributed by atoms with van der Waals surface area (Å²) in [6, 6.07) is 11.3. The van der Waals surface area contributed by atoms with Crippen LogP contribution in [0.2, 0.25) is 0 Å². The Balaban J connectivity index is 1.78. The highest BCUT2D eigenvalue weighted by atomic mass is 32.2. The average molecular weight is 350 g/mol. The molecular formula is C19H31N3OS. The predicted molar refractivity (Wildman–Crippen MR) is 103 cm³/mol. The van der Waals surface area contributed by atoms with Crippen LogP contribution in [0, 0.1) is 0 Å². The maximum absolute atomic E-state index is 12.4. The molecule has 24 heavy (non-hydrogen) atoms. The molecule has 1 N–H and O–H groups in total. The molecule has 1 aromatic carbocycles.